The molecule has 6 nitrogen and oxygen atoms in total. The van der Waals surface area contributed by atoms with Crippen LogP contribution < -0.4 is 10.6 Å². The van der Waals surface area contributed by atoms with Crippen molar-refractivity contribution < 1.29 is 19.1 Å². The minimum atomic E-state index is -0.892. The summed E-state index contributed by atoms with van der Waals surface area (Å²) in [6.07, 6.45) is -0.383. The first-order chi connectivity index (χ1) is 12.4. The van der Waals surface area contributed by atoms with Gasteiger partial charge in [-0.25, -0.2) is 4.39 Å². The van der Waals surface area contributed by atoms with Crippen molar-refractivity contribution in [3.8, 4) is 11.1 Å². The Bertz CT molecular complexity index is 852. The van der Waals surface area contributed by atoms with Crippen molar-refractivity contribution in [1.82, 2.24) is 15.2 Å². The van der Waals surface area contributed by atoms with Gasteiger partial charge in [0.15, 0.2) is 0 Å². The van der Waals surface area contributed by atoms with Crippen LogP contribution in [0.1, 0.15) is 36.3 Å². The van der Waals surface area contributed by atoms with Crippen molar-refractivity contribution in [3.63, 3.8) is 0 Å². The normalized spacial score (nSPS) is 17.4. The number of aliphatic hydroxyl groups is 1. The summed E-state index contributed by atoms with van der Waals surface area (Å²) in [5.41, 5.74) is 1.71. The van der Waals surface area contributed by atoms with E-state index in [1.54, 1.807) is 29.7 Å². The Kier molecular flexibility index (Phi) is 5.43. The van der Waals surface area contributed by atoms with E-state index in [-0.39, 0.29) is 36.6 Å². The van der Waals surface area contributed by atoms with Gasteiger partial charge in [-0.05, 0) is 46.1 Å². The summed E-state index contributed by atoms with van der Waals surface area (Å²) in [4.78, 5) is 24.4. The second-order valence-corrected chi connectivity index (χ2v) is 6.93. The van der Waals surface area contributed by atoms with Gasteiger partial charge >= 0.3 is 0 Å². The van der Waals surface area contributed by atoms with Crippen molar-refractivity contribution in [1.29, 1.82) is 0 Å². The second-order valence-electron chi connectivity index (χ2n) is 6.17. The molecule has 0 aliphatic carbocycles. The van der Waals surface area contributed by atoms with Crippen LogP contribution in [0.4, 0.5) is 4.39 Å². The lowest BCUT2D eigenvalue weighted by atomic mass is 10.1. The van der Waals surface area contributed by atoms with Gasteiger partial charge in [0.2, 0.25) is 5.91 Å². The molecule has 3 rings (SSSR count). The average molecular weight is 424 g/mol. The number of rotatable bonds is 5. The largest absolute Gasteiger partial charge is 0.374 e. The van der Waals surface area contributed by atoms with Crippen LogP contribution in [0.5, 0.6) is 0 Å². The van der Waals surface area contributed by atoms with Gasteiger partial charge < -0.3 is 20.3 Å². The van der Waals surface area contributed by atoms with E-state index in [0.717, 1.165) is 0 Å². The third-order valence-corrected chi connectivity index (χ3v) is 5.15. The summed E-state index contributed by atoms with van der Waals surface area (Å²) < 4.78 is 15.9. The first-order valence-electron chi connectivity index (χ1n) is 8.33. The van der Waals surface area contributed by atoms with Gasteiger partial charge in [-0.15, -0.1) is 0 Å². The Balaban J connectivity index is 1.94. The fraction of sp³-hybridized carbons (Fsp3) is 0.333. The first-order valence-corrected chi connectivity index (χ1v) is 9.12. The molecular formula is C18H19BrFN3O3. The van der Waals surface area contributed by atoms with E-state index in [1.165, 1.54) is 12.1 Å². The first kappa shape index (κ1) is 18.6. The van der Waals surface area contributed by atoms with Gasteiger partial charge in [0.05, 0.1) is 10.6 Å². The van der Waals surface area contributed by atoms with Crippen molar-refractivity contribution >= 4 is 27.7 Å². The van der Waals surface area contributed by atoms with Crippen LogP contribution in [0.2, 0.25) is 0 Å². The average Bonchev–Trinajstić information content (AvgIpc) is 2.96. The Morgan fingerprint density at radius 3 is 2.96 bits per heavy atom. The van der Waals surface area contributed by atoms with E-state index >= 15 is 0 Å². The van der Waals surface area contributed by atoms with Crippen LogP contribution in [0.25, 0.3) is 11.1 Å². The molecule has 8 heteroatoms. The Hall–Kier alpha value is -2.19. The molecule has 0 spiro atoms. The molecule has 0 radical (unpaired) electrons. The number of hydrogen-bond acceptors (Lipinski definition) is 3. The lowest BCUT2D eigenvalue weighted by molar-refractivity contribution is -0.124. The highest BCUT2D eigenvalue weighted by atomic mass is 79.9. The van der Waals surface area contributed by atoms with Crippen LogP contribution in [-0.4, -0.2) is 34.3 Å². The fourth-order valence-electron chi connectivity index (χ4n) is 3.01. The van der Waals surface area contributed by atoms with Gasteiger partial charge in [-0.3, -0.25) is 9.59 Å². The number of aromatic nitrogens is 1. The molecule has 0 bridgehead atoms. The highest BCUT2D eigenvalue weighted by Gasteiger charge is 2.30. The number of hydrogen-bond donors (Lipinski definition) is 3. The molecule has 3 N–H and O–H groups in total. The monoisotopic (exact) mass is 423 g/mol. The summed E-state index contributed by atoms with van der Waals surface area (Å²) in [5.74, 6) is -0.925. The molecule has 0 saturated heterocycles. The molecule has 2 atom stereocenters. The lowest BCUT2D eigenvalue weighted by Crippen LogP contribution is -2.42. The maximum Gasteiger partial charge on any atom is 0.268 e. The summed E-state index contributed by atoms with van der Waals surface area (Å²) in [5, 5.41) is 14.9. The number of carbonyl (C=O) groups is 2. The topological polar surface area (TPSA) is 83.4 Å². The predicted octanol–water partition coefficient (Wildman–Crippen LogP) is 2.58. The zero-order valence-electron chi connectivity index (χ0n) is 14.1. The number of aliphatic hydroxyl groups excluding tert-OH is 1. The van der Waals surface area contributed by atoms with Crippen molar-refractivity contribution in [2.45, 2.75) is 32.0 Å². The SMILES string of the molecule is CCC(O)NC(=O)C[C@@H]1CNC(=O)c2cc(-c3cccc(F)c3)c(Br)n21. The molecule has 138 valence electrons. The second kappa shape index (κ2) is 7.59. The zero-order chi connectivity index (χ0) is 18.8. The van der Waals surface area contributed by atoms with Crippen LogP contribution in [0.15, 0.2) is 34.9 Å². The van der Waals surface area contributed by atoms with E-state index < -0.39 is 6.23 Å². The summed E-state index contributed by atoms with van der Waals surface area (Å²) in [6, 6.07) is 7.47. The summed E-state index contributed by atoms with van der Waals surface area (Å²) in [7, 11) is 0. The lowest BCUT2D eigenvalue weighted by Gasteiger charge is -2.27. The summed E-state index contributed by atoms with van der Waals surface area (Å²) >= 11 is 3.50. The van der Waals surface area contributed by atoms with Gasteiger partial charge in [-0.1, -0.05) is 19.1 Å². The van der Waals surface area contributed by atoms with Crippen molar-refractivity contribution in [2.75, 3.05) is 6.54 Å². The molecule has 1 aromatic carbocycles. The van der Waals surface area contributed by atoms with E-state index in [0.29, 0.717) is 27.8 Å². The molecule has 2 heterocycles. The number of fused-ring (bicyclic) bond motifs is 1. The number of nitrogens with zero attached hydrogens (tertiary/aromatic N) is 1. The molecule has 2 amide bonds. The molecule has 1 unspecified atom stereocenters. The van der Waals surface area contributed by atoms with Gasteiger partial charge in [-0.2, -0.15) is 0 Å². The molecule has 1 aromatic heterocycles. The van der Waals surface area contributed by atoms with Gasteiger partial charge in [0.1, 0.15) is 17.7 Å². The number of carbonyl (C=O) groups excluding carboxylic acids is 2. The maximum atomic E-state index is 13.6. The molecule has 26 heavy (non-hydrogen) atoms. The number of halogens is 2. The molecule has 1 aliphatic rings. The maximum absolute atomic E-state index is 13.6. The Labute approximate surface area is 158 Å². The van der Waals surface area contributed by atoms with Crippen LogP contribution >= 0.6 is 15.9 Å². The molecule has 2 aromatic rings. The quantitative estimate of drug-likeness (QED) is 0.646. The molecule has 0 fully saturated rings. The van der Waals surface area contributed by atoms with E-state index in [2.05, 4.69) is 26.6 Å². The van der Waals surface area contributed by atoms with E-state index in [9.17, 15) is 19.1 Å². The minimum absolute atomic E-state index is 0.0974. The third-order valence-electron chi connectivity index (χ3n) is 4.34. The zero-order valence-corrected chi connectivity index (χ0v) is 15.7. The Morgan fingerprint density at radius 2 is 2.27 bits per heavy atom. The molecular weight excluding hydrogens is 405 g/mol. The predicted molar refractivity (Wildman–Crippen MR) is 98.0 cm³/mol. The van der Waals surface area contributed by atoms with Crippen molar-refractivity contribution in [2.24, 2.45) is 0 Å². The highest BCUT2D eigenvalue weighted by Crippen LogP contribution is 2.36. The fourth-order valence-corrected chi connectivity index (χ4v) is 3.83. The summed E-state index contributed by atoms with van der Waals surface area (Å²) in [6.45, 7) is 2.05. The smallest absolute Gasteiger partial charge is 0.268 e. The number of amides is 2. The van der Waals surface area contributed by atoms with Gasteiger partial charge in [0.25, 0.3) is 5.91 Å². The Morgan fingerprint density at radius 1 is 1.50 bits per heavy atom. The third kappa shape index (κ3) is 3.66. The van der Waals surface area contributed by atoms with Crippen LogP contribution in [0, 0.1) is 5.82 Å². The van der Waals surface area contributed by atoms with E-state index in [1.807, 2.05) is 0 Å². The van der Waals surface area contributed by atoms with E-state index in [4.69, 9.17) is 0 Å². The van der Waals surface area contributed by atoms with Crippen molar-refractivity contribution in [3.05, 3.63) is 46.4 Å². The standard InChI is InChI=1S/C18H19BrFN3O3/c1-2-15(24)22-16(25)7-12-9-21-18(26)14-8-13(17(19)23(12)14)10-4-3-5-11(20)6-10/h3-6,8,12,15,24H,2,7,9H2,1H3,(H,21,26)(H,22,25)/t12-,15?/m1/s1. The highest BCUT2D eigenvalue weighted by molar-refractivity contribution is 9.10. The molecule has 1 aliphatic heterocycles. The number of benzene rings is 1. The van der Waals surface area contributed by atoms with Gasteiger partial charge in [0, 0.05) is 18.5 Å². The van der Waals surface area contributed by atoms with Crippen LogP contribution in [0.3, 0.4) is 0 Å². The minimum Gasteiger partial charge on any atom is -0.374 e. The number of nitrogens with one attached hydrogen (secondary N) is 2. The molecule has 0 saturated carbocycles. The van der Waals surface area contributed by atoms with Crippen LogP contribution in [-0.2, 0) is 4.79 Å².